The molecule has 0 aromatic heterocycles. The molecule has 0 heterocycles. The van der Waals surface area contributed by atoms with Crippen molar-refractivity contribution >= 4 is 0 Å². The lowest BCUT2D eigenvalue weighted by atomic mass is 9.33. The van der Waals surface area contributed by atoms with Crippen molar-refractivity contribution in [3.8, 4) is 0 Å². The summed E-state index contributed by atoms with van der Waals surface area (Å²) in [5.74, 6) is 0. The van der Waals surface area contributed by atoms with Crippen LogP contribution in [0.25, 0.3) is 0 Å². The summed E-state index contributed by atoms with van der Waals surface area (Å²) in [6.07, 6.45) is 1.35. The molecule has 0 saturated heterocycles. The number of hydrogen-bond donors (Lipinski definition) is 0. The zero-order valence-corrected chi connectivity index (χ0v) is 20.2. The van der Waals surface area contributed by atoms with Gasteiger partial charge in [0.2, 0.25) is 0 Å². The maximum atomic E-state index is 2.71. The molecule has 6 atom stereocenters. The Morgan fingerprint density at radius 2 is 0.962 bits per heavy atom. The zero-order valence-electron chi connectivity index (χ0n) is 20.2. The van der Waals surface area contributed by atoms with Crippen molar-refractivity contribution in [1.29, 1.82) is 0 Å². The molecule has 3 saturated carbocycles. The van der Waals surface area contributed by atoms with E-state index in [1.54, 1.807) is 11.1 Å². The largest absolute Gasteiger partial charge is 0.0676 e. The molecule has 3 fully saturated rings. The predicted molar refractivity (Wildman–Crippen MR) is 113 cm³/mol. The van der Waals surface area contributed by atoms with Crippen LogP contribution in [-0.4, -0.2) is 0 Å². The van der Waals surface area contributed by atoms with Crippen LogP contribution in [0.4, 0.5) is 0 Å². The van der Waals surface area contributed by atoms with Crippen LogP contribution in [-0.2, 0) is 0 Å². The van der Waals surface area contributed by atoms with Gasteiger partial charge in [0.05, 0.1) is 0 Å². The summed E-state index contributed by atoms with van der Waals surface area (Å²) < 4.78 is 0. The van der Waals surface area contributed by atoms with Crippen molar-refractivity contribution in [2.45, 2.75) is 103 Å². The van der Waals surface area contributed by atoms with E-state index in [4.69, 9.17) is 0 Å². The Bertz CT molecular complexity index is 778. The maximum Gasteiger partial charge on any atom is 0.000755 e. The highest BCUT2D eigenvalue weighted by Gasteiger charge is 3.00. The van der Waals surface area contributed by atoms with E-state index in [1.165, 1.54) is 6.42 Å². The highest BCUT2D eigenvalue weighted by molar-refractivity contribution is 5.53. The van der Waals surface area contributed by atoms with Crippen molar-refractivity contribution < 1.29 is 0 Å². The van der Waals surface area contributed by atoms with Crippen molar-refractivity contribution in [2.75, 3.05) is 0 Å². The Balaban J connectivity index is 2.32. The van der Waals surface area contributed by atoms with E-state index in [-0.39, 0.29) is 10.8 Å². The fourth-order valence-electron chi connectivity index (χ4n) is 11.4. The van der Waals surface area contributed by atoms with Crippen LogP contribution in [0.15, 0.2) is 11.1 Å². The van der Waals surface area contributed by atoms with Gasteiger partial charge in [0.1, 0.15) is 0 Å². The number of rotatable bonds is 0. The van der Waals surface area contributed by atoms with Gasteiger partial charge in [-0.25, -0.2) is 0 Å². The number of fused-ring (bicyclic) bond motifs is 6. The van der Waals surface area contributed by atoms with Gasteiger partial charge in [-0.05, 0) is 63.6 Å². The Morgan fingerprint density at radius 3 is 1.42 bits per heavy atom. The first-order valence-electron chi connectivity index (χ1n) is 11.0. The summed E-state index contributed by atoms with van der Waals surface area (Å²) in [6.45, 7) is 36.7. The molecule has 0 N–H and O–H groups in total. The number of hydrogen-bond acceptors (Lipinski definition) is 0. The average Bonchev–Trinajstić information content (AvgIpc) is 2.85. The van der Waals surface area contributed by atoms with Gasteiger partial charge in [0, 0.05) is 5.41 Å². The lowest BCUT2D eigenvalue weighted by Crippen LogP contribution is -2.65. The molecular weight excluding hydrogens is 312 g/mol. The highest BCUT2D eigenvalue weighted by Crippen LogP contribution is 3.04. The lowest BCUT2D eigenvalue weighted by Gasteiger charge is -2.70. The van der Waals surface area contributed by atoms with Crippen LogP contribution in [0.1, 0.15) is 103 Å². The molecule has 0 aliphatic heterocycles. The summed E-state index contributed by atoms with van der Waals surface area (Å²) in [5.41, 5.74) is 6.07. The summed E-state index contributed by atoms with van der Waals surface area (Å²) in [5, 5.41) is 0. The van der Waals surface area contributed by atoms with Crippen LogP contribution in [0.2, 0.25) is 0 Å². The smallest absolute Gasteiger partial charge is 0.000755 e. The Labute approximate surface area is 163 Å². The summed E-state index contributed by atoms with van der Waals surface area (Å²) in [7, 11) is 0. The fraction of sp³-hybridized carbons (Fsp3) is 0.923. The van der Waals surface area contributed by atoms with Gasteiger partial charge in [-0.2, -0.15) is 0 Å². The topological polar surface area (TPSA) is 0 Å². The second-order valence-electron chi connectivity index (χ2n) is 13.5. The highest BCUT2D eigenvalue weighted by atomic mass is 15.0. The van der Waals surface area contributed by atoms with Gasteiger partial charge in [0.15, 0.2) is 0 Å². The second kappa shape index (κ2) is 3.78. The molecule has 148 valence electrons. The number of allylic oxidation sites excluding steroid dienone is 2. The Morgan fingerprint density at radius 1 is 0.500 bits per heavy atom. The van der Waals surface area contributed by atoms with Gasteiger partial charge in [-0.1, -0.05) is 94.2 Å². The molecule has 0 radical (unpaired) electrons. The van der Waals surface area contributed by atoms with Crippen LogP contribution in [0, 0.1) is 48.7 Å². The van der Waals surface area contributed by atoms with E-state index in [2.05, 4.69) is 96.9 Å². The Hall–Kier alpha value is -0.260. The Kier molecular flexibility index (Phi) is 2.77. The van der Waals surface area contributed by atoms with Crippen molar-refractivity contribution in [3.63, 3.8) is 0 Å². The molecule has 0 spiro atoms. The predicted octanol–water partition coefficient (Wildman–Crippen LogP) is 7.88. The van der Waals surface area contributed by atoms with E-state index < -0.39 is 0 Å². The van der Waals surface area contributed by atoms with Gasteiger partial charge in [0.25, 0.3) is 0 Å². The molecular formula is C26H44. The third-order valence-corrected chi connectivity index (χ3v) is 14.6. The summed E-state index contributed by atoms with van der Waals surface area (Å²) >= 11 is 0. The normalized spacial score (nSPS) is 60.7. The minimum atomic E-state index is 0.224. The van der Waals surface area contributed by atoms with Crippen molar-refractivity contribution in [1.82, 2.24) is 0 Å². The monoisotopic (exact) mass is 356 g/mol. The van der Waals surface area contributed by atoms with Crippen LogP contribution in [0.5, 0.6) is 0 Å². The van der Waals surface area contributed by atoms with Gasteiger partial charge >= 0.3 is 0 Å². The molecule has 3 bridgehead atoms. The first kappa shape index (κ1) is 19.1. The van der Waals surface area contributed by atoms with Gasteiger partial charge in [-0.3, -0.25) is 0 Å². The van der Waals surface area contributed by atoms with Crippen molar-refractivity contribution in [2.24, 2.45) is 48.7 Å². The minimum Gasteiger partial charge on any atom is -0.0676 e. The molecule has 0 heteroatoms. The summed E-state index contributed by atoms with van der Waals surface area (Å²) in [4.78, 5) is 0. The first-order chi connectivity index (χ1) is 11.3. The average molecular weight is 357 g/mol. The van der Waals surface area contributed by atoms with Gasteiger partial charge < -0.3 is 0 Å². The van der Waals surface area contributed by atoms with E-state index in [0.717, 1.165) is 0 Å². The molecule has 4 aliphatic carbocycles. The molecule has 26 heavy (non-hydrogen) atoms. The lowest BCUT2D eigenvalue weighted by molar-refractivity contribution is -0.198. The van der Waals surface area contributed by atoms with Crippen molar-refractivity contribution in [3.05, 3.63) is 11.1 Å². The molecule has 0 aromatic rings. The third-order valence-electron chi connectivity index (χ3n) is 14.6. The SMILES string of the molecule is CC1=C(C)C2(C)C3(C)CC(C)(C1(C)C)C(C)(C3(C)C)C1(C)C(C)(C)C21C. The zero-order chi connectivity index (χ0) is 20.4. The molecule has 0 aromatic carbocycles. The van der Waals surface area contributed by atoms with Crippen LogP contribution >= 0.6 is 0 Å². The van der Waals surface area contributed by atoms with Crippen LogP contribution < -0.4 is 0 Å². The van der Waals surface area contributed by atoms with E-state index in [0.29, 0.717) is 37.9 Å². The molecule has 0 amide bonds. The van der Waals surface area contributed by atoms with E-state index in [9.17, 15) is 0 Å². The van der Waals surface area contributed by atoms with E-state index >= 15 is 0 Å². The van der Waals surface area contributed by atoms with Gasteiger partial charge in [-0.15, -0.1) is 0 Å². The fourth-order valence-corrected chi connectivity index (χ4v) is 11.4. The standard InChI is InChI=1S/C26H44/c1-16-17(2)23(11)22(10)15-21(9,18(16,3)4)24(12,19(22,5)6)26(14)20(7,8)25(23,26)13/h15H2,1-14H3. The van der Waals surface area contributed by atoms with E-state index in [1.807, 2.05) is 0 Å². The first-order valence-corrected chi connectivity index (χ1v) is 11.0. The van der Waals surface area contributed by atoms with Crippen LogP contribution in [0.3, 0.4) is 0 Å². The third kappa shape index (κ3) is 1.02. The quantitative estimate of drug-likeness (QED) is 0.387. The second-order valence-corrected chi connectivity index (χ2v) is 13.5. The maximum absolute atomic E-state index is 2.71. The summed E-state index contributed by atoms with van der Waals surface area (Å²) in [6, 6.07) is 0. The molecule has 0 nitrogen and oxygen atoms in total. The molecule has 4 aliphatic rings. The minimum absolute atomic E-state index is 0.224. The molecule has 4 rings (SSSR count). The molecule has 6 unspecified atom stereocenters.